The Bertz CT molecular complexity index is 703. The summed E-state index contributed by atoms with van der Waals surface area (Å²) in [5.74, 6) is 0.128. The van der Waals surface area contributed by atoms with Crippen LogP contribution in [0.4, 0.5) is 0 Å². The minimum atomic E-state index is -4.68. The summed E-state index contributed by atoms with van der Waals surface area (Å²) >= 11 is 0. The molecule has 0 spiro atoms. The van der Waals surface area contributed by atoms with Crippen LogP contribution in [0.25, 0.3) is 0 Å². The van der Waals surface area contributed by atoms with E-state index < -0.39 is 20.8 Å². The Morgan fingerprint density at radius 2 is 0.643 bits per heavy atom. The predicted octanol–water partition coefficient (Wildman–Crippen LogP) is 2.58. The molecule has 12 heteroatoms. The molecule has 42 heavy (non-hydrogen) atoms. The second-order valence-corrected chi connectivity index (χ2v) is 13.7. The van der Waals surface area contributed by atoms with Gasteiger partial charge in [0.2, 0.25) is 20.8 Å². The topological polar surface area (TPSA) is 133 Å². The van der Waals surface area contributed by atoms with Gasteiger partial charge in [0.25, 0.3) is 0 Å². The fraction of sp³-hybridized carbons (Fsp3) is 1.00. The van der Waals surface area contributed by atoms with Crippen LogP contribution in [-0.4, -0.2) is 39.2 Å². The Kier molecular flexibility index (Phi) is 37.4. The molecule has 0 aliphatic carbocycles. The summed E-state index contributed by atoms with van der Waals surface area (Å²) in [6, 6.07) is 0. The SMILES string of the molecule is CCCCCCCCCCC(CCCCCCC(CCCCCCCCCC)COS(=O)(=O)[O-])COS(=O)(=O)[O-].[Na+].[Na+]. The molecular weight excluding hydrogens is 598 g/mol. The third-order valence-corrected chi connectivity index (χ3v) is 8.65. The third-order valence-electron chi connectivity index (χ3n) is 7.80. The molecule has 0 amide bonds. The first kappa shape index (κ1) is 48.1. The Morgan fingerprint density at radius 1 is 0.429 bits per heavy atom. The summed E-state index contributed by atoms with van der Waals surface area (Å²) < 4.78 is 74.9. The largest absolute Gasteiger partial charge is 1.00 e. The molecule has 0 rings (SSSR count). The van der Waals surface area contributed by atoms with Gasteiger partial charge in [0.1, 0.15) is 0 Å². The van der Waals surface area contributed by atoms with Crippen molar-refractivity contribution in [3.63, 3.8) is 0 Å². The summed E-state index contributed by atoms with van der Waals surface area (Å²) in [7, 11) is -9.35. The molecule has 0 N–H and O–H groups in total. The van der Waals surface area contributed by atoms with Gasteiger partial charge in [-0.15, -0.1) is 0 Å². The van der Waals surface area contributed by atoms with E-state index in [0.29, 0.717) is 0 Å². The van der Waals surface area contributed by atoms with Crippen LogP contribution in [0.3, 0.4) is 0 Å². The maximum absolute atomic E-state index is 11.0. The molecule has 2 unspecified atom stereocenters. The summed E-state index contributed by atoms with van der Waals surface area (Å²) in [6.45, 7) is 4.34. The average Bonchev–Trinajstić information content (AvgIpc) is 2.88. The zero-order valence-electron chi connectivity index (χ0n) is 27.6. The van der Waals surface area contributed by atoms with Crippen molar-refractivity contribution in [3.8, 4) is 0 Å². The molecule has 0 bridgehead atoms. The van der Waals surface area contributed by atoms with E-state index >= 15 is 0 Å². The van der Waals surface area contributed by atoms with Gasteiger partial charge in [-0.25, -0.2) is 16.8 Å². The minimum Gasteiger partial charge on any atom is -0.726 e. The Morgan fingerprint density at radius 3 is 0.857 bits per heavy atom. The van der Waals surface area contributed by atoms with Gasteiger partial charge in [-0.3, -0.25) is 8.37 Å². The summed E-state index contributed by atoms with van der Waals surface area (Å²) in [4.78, 5) is 0. The van der Waals surface area contributed by atoms with Crippen molar-refractivity contribution in [1.82, 2.24) is 0 Å². The van der Waals surface area contributed by atoms with E-state index in [-0.39, 0.29) is 84.2 Å². The molecule has 0 aliphatic heterocycles. The van der Waals surface area contributed by atoms with Gasteiger partial charge in [0.15, 0.2) is 0 Å². The fourth-order valence-corrected chi connectivity index (χ4v) is 6.05. The molecule has 0 aliphatic rings. The van der Waals surface area contributed by atoms with E-state index in [2.05, 4.69) is 22.2 Å². The van der Waals surface area contributed by atoms with Gasteiger partial charge < -0.3 is 9.11 Å². The van der Waals surface area contributed by atoms with Gasteiger partial charge in [-0.05, 0) is 37.5 Å². The Hall–Kier alpha value is 1.74. The van der Waals surface area contributed by atoms with Crippen LogP contribution in [0.2, 0.25) is 0 Å². The van der Waals surface area contributed by atoms with E-state index in [9.17, 15) is 25.9 Å². The molecule has 242 valence electrons. The van der Waals surface area contributed by atoms with Crippen molar-refractivity contribution in [2.45, 2.75) is 168 Å². The van der Waals surface area contributed by atoms with Crippen LogP contribution >= 0.6 is 0 Å². The van der Waals surface area contributed by atoms with Gasteiger partial charge in [-0.2, -0.15) is 0 Å². The molecule has 0 aromatic rings. The number of unbranched alkanes of at least 4 members (excludes halogenated alkanes) is 17. The maximum atomic E-state index is 11.0. The molecule has 0 heterocycles. The smallest absolute Gasteiger partial charge is 0.726 e. The van der Waals surface area contributed by atoms with Crippen molar-refractivity contribution in [1.29, 1.82) is 0 Å². The van der Waals surface area contributed by atoms with Crippen molar-refractivity contribution < 1.29 is 93.4 Å². The number of hydrogen-bond donors (Lipinski definition) is 0. The summed E-state index contributed by atoms with van der Waals surface area (Å²) in [5.41, 5.74) is 0. The first-order valence-corrected chi connectivity index (χ1v) is 18.9. The van der Waals surface area contributed by atoms with Crippen LogP contribution in [0, 0.1) is 11.8 Å². The second kappa shape index (κ2) is 32.7. The Labute approximate surface area is 304 Å². The normalized spacial score (nSPS) is 13.3. The van der Waals surface area contributed by atoms with Crippen molar-refractivity contribution in [2.75, 3.05) is 13.2 Å². The quantitative estimate of drug-likeness (QED) is 0.0481. The summed E-state index contributed by atoms with van der Waals surface area (Å²) in [5, 5.41) is 0. The Balaban J connectivity index is -0.00000760. The van der Waals surface area contributed by atoms with Crippen molar-refractivity contribution in [3.05, 3.63) is 0 Å². The fourth-order valence-electron chi connectivity index (χ4n) is 5.33. The molecule has 0 aromatic heterocycles. The second-order valence-electron chi connectivity index (χ2n) is 11.6. The van der Waals surface area contributed by atoms with E-state index in [4.69, 9.17) is 0 Å². The van der Waals surface area contributed by atoms with Crippen LogP contribution in [0.1, 0.15) is 168 Å². The van der Waals surface area contributed by atoms with Crippen LogP contribution in [0.15, 0.2) is 0 Å². The van der Waals surface area contributed by atoms with E-state index in [1.54, 1.807) is 0 Å². The average molecular weight is 659 g/mol. The molecule has 0 radical (unpaired) electrons. The molecule has 0 saturated heterocycles. The van der Waals surface area contributed by atoms with E-state index in [1.807, 2.05) is 0 Å². The van der Waals surface area contributed by atoms with Crippen molar-refractivity contribution >= 4 is 20.8 Å². The molecule has 0 aromatic carbocycles. The number of hydrogen-bond acceptors (Lipinski definition) is 8. The molecule has 0 fully saturated rings. The predicted molar refractivity (Wildman–Crippen MR) is 160 cm³/mol. The first-order chi connectivity index (χ1) is 19.1. The van der Waals surface area contributed by atoms with Crippen LogP contribution in [-0.2, 0) is 29.2 Å². The van der Waals surface area contributed by atoms with Gasteiger partial charge in [-0.1, -0.05) is 142 Å². The van der Waals surface area contributed by atoms with E-state index in [0.717, 1.165) is 77.0 Å². The summed E-state index contributed by atoms with van der Waals surface area (Å²) in [6.07, 6.45) is 26.5. The van der Waals surface area contributed by atoms with Crippen LogP contribution in [0.5, 0.6) is 0 Å². The van der Waals surface area contributed by atoms with Crippen LogP contribution < -0.4 is 59.1 Å². The third kappa shape index (κ3) is 37.9. The zero-order chi connectivity index (χ0) is 30.0. The van der Waals surface area contributed by atoms with Gasteiger partial charge in [0.05, 0.1) is 13.2 Å². The zero-order valence-corrected chi connectivity index (χ0v) is 33.3. The maximum Gasteiger partial charge on any atom is 1.00 e. The van der Waals surface area contributed by atoms with E-state index in [1.165, 1.54) is 77.0 Å². The van der Waals surface area contributed by atoms with Gasteiger partial charge >= 0.3 is 59.1 Å². The molecular formula is C30H60Na2O8S2. The molecule has 2 atom stereocenters. The standard InChI is InChI=1S/C30H62O8S2.2Na/c1-3-5-7-9-11-13-15-19-23-29(27-37-39(31,32)33)25-21-17-18-22-26-30(28-38-40(34,35)36)24-20-16-14-12-10-8-6-4-2;;/h29-30H,3-28H2,1-2H3,(H,31,32,33)(H,34,35,36);;/q;2*+1/p-2. The van der Waals surface area contributed by atoms with Crippen molar-refractivity contribution in [2.24, 2.45) is 11.8 Å². The molecule has 0 saturated carbocycles. The monoisotopic (exact) mass is 658 g/mol. The first-order valence-electron chi connectivity index (χ1n) is 16.3. The van der Waals surface area contributed by atoms with Gasteiger partial charge in [0, 0.05) is 0 Å². The molecule has 8 nitrogen and oxygen atoms in total. The minimum absolute atomic E-state index is 0. The number of rotatable bonds is 31.